The van der Waals surface area contributed by atoms with Gasteiger partial charge in [-0.15, -0.1) is 11.3 Å². The SMILES string of the molecule is Cc1cn2c(CN[C@@H]3CCCN(c4nccn(C)c4=O)C3)c(C)nc2s1. The molecule has 1 saturated heterocycles. The van der Waals surface area contributed by atoms with Crippen molar-refractivity contribution in [2.24, 2.45) is 7.05 Å². The van der Waals surface area contributed by atoms with E-state index in [1.807, 2.05) is 0 Å². The highest BCUT2D eigenvalue weighted by atomic mass is 32.1. The zero-order valence-corrected chi connectivity index (χ0v) is 16.2. The molecule has 26 heavy (non-hydrogen) atoms. The molecular formula is C18H24N6OS. The molecule has 1 aliphatic heterocycles. The van der Waals surface area contributed by atoms with E-state index in [1.165, 1.54) is 10.6 Å². The van der Waals surface area contributed by atoms with Gasteiger partial charge in [0.1, 0.15) is 0 Å². The molecule has 7 nitrogen and oxygen atoms in total. The summed E-state index contributed by atoms with van der Waals surface area (Å²) in [6.45, 7) is 6.64. The lowest BCUT2D eigenvalue weighted by Gasteiger charge is -2.33. The molecule has 0 unspecified atom stereocenters. The van der Waals surface area contributed by atoms with Crippen LogP contribution in [0.3, 0.4) is 0 Å². The van der Waals surface area contributed by atoms with Crippen LogP contribution < -0.4 is 15.8 Å². The van der Waals surface area contributed by atoms with Gasteiger partial charge in [0.2, 0.25) is 0 Å². The van der Waals surface area contributed by atoms with E-state index in [-0.39, 0.29) is 5.56 Å². The minimum absolute atomic E-state index is 0.0322. The van der Waals surface area contributed by atoms with Crippen LogP contribution in [0.5, 0.6) is 0 Å². The predicted octanol–water partition coefficient (Wildman–Crippen LogP) is 1.86. The van der Waals surface area contributed by atoms with Gasteiger partial charge in [0.25, 0.3) is 5.56 Å². The number of fused-ring (bicyclic) bond motifs is 1. The van der Waals surface area contributed by atoms with Gasteiger partial charge < -0.3 is 14.8 Å². The van der Waals surface area contributed by atoms with E-state index in [4.69, 9.17) is 0 Å². The Kier molecular flexibility index (Phi) is 4.54. The summed E-state index contributed by atoms with van der Waals surface area (Å²) in [5, 5.41) is 3.67. The molecule has 0 aromatic carbocycles. The van der Waals surface area contributed by atoms with E-state index in [1.54, 1.807) is 35.3 Å². The predicted molar refractivity (Wildman–Crippen MR) is 104 cm³/mol. The van der Waals surface area contributed by atoms with E-state index in [0.717, 1.165) is 43.1 Å². The second kappa shape index (κ2) is 6.85. The molecule has 1 aliphatic rings. The zero-order valence-electron chi connectivity index (χ0n) is 15.4. The zero-order chi connectivity index (χ0) is 18.3. The number of hydrogen-bond donors (Lipinski definition) is 1. The third kappa shape index (κ3) is 3.14. The van der Waals surface area contributed by atoms with Gasteiger partial charge in [-0.3, -0.25) is 9.20 Å². The average Bonchev–Trinajstić information content (AvgIpc) is 3.10. The Bertz CT molecular complexity index is 987. The van der Waals surface area contributed by atoms with Gasteiger partial charge >= 0.3 is 0 Å². The molecule has 138 valence electrons. The number of aryl methyl sites for hydroxylation is 3. The summed E-state index contributed by atoms with van der Waals surface area (Å²) in [5.41, 5.74) is 2.26. The summed E-state index contributed by atoms with van der Waals surface area (Å²) in [6, 6.07) is 0.333. The van der Waals surface area contributed by atoms with Crippen molar-refractivity contribution in [1.82, 2.24) is 24.3 Å². The first kappa shape index (κ1) is 17.2. The number of rotatable bonds is 4. The Balaban J connectivity index is 1.47. The maximum atomic E-state index is 12.3. The minimum Gasteiger partial charge on any atom is -0.350 e. The topological polar surface area (TPSA) is 67.5 Å². The van der Waals surface area contributed by atoms with E-state index in [9.17, 15) is 4.79 Å². The van der Waals surface area contributed by atoms with Gasteiger partial charge in [-0.2, -0.15) is 0 Å². The van der Waals surface area contributed by atoms with E-state index < -0.39 is 0 Å². The van der Waals surface area contributed by atoms with Crippen LogP contribution in [0.4, 0.5) is 5.82 Å². The highest BCUT2D eigenvalue weighted by Gasteiger charge is 2.23. The Morgan fingerprint density at radius 2 is 2.23 bits per heavy atom. The van der Waals surface area contributed by atoms with Crippen LogP contribution in [-0.2, 0) is 13.6 Å². The molecule has 1 N–H and O–H groups in total. The van der Waals surface area contributed by atoms with Crippen molar-refractivity contribution in [2.75, 3.05) is 18.0 Å². The number of imidazole rings is 1. The van der Waals surface area contributed by atoms with Gasteiger partial charge in [0.15, 0.2) is 10.8 Å². The number of anilines is 1. The molecule has 3 aromatic rings. The van der Waals surface area contributed by atoms with Gasteiger partial charge in [0, 0.05) is 56.2 Å². The maximum absolute atomic E-state index is 12.3. The Labute approximate surface area is 156 Å². The van der Waals surface area contributed by atoms with Gasteiger partial charge in [-0.1, -0.05) is 0 Å². The van der Waals surface area contributed by atoms with Gasteiger partial charge in [0.05, 0.1) is 11.4 Å². The van der Waals surface area contributed by atoms with E-state index in [2.05, 4.69) is 44.6 Å². The number of piperidine rings is 1. The molecule has 1 atom stereocenters. The number of hydrogen-bond acceptors (Lipinski definition) is 6. The molecular weight excluding hydrogens is 348 g/mol. The van der Waals surface area contributed by atoms with Crippen molar-refractivity contribution in [3.05, 3.63) is 45.2 Å². The fourth-order valence-electron chi connectivity index (χ4n) is 3.60. The summed E-state index contributed by atoms with van der Waals surface area (Å²) in [5.74, 6) is 0.554. The van der Waals surface area contributed by atoms with Crippen molar-refractivity contribution in [3.8, 4) is 0 Å². The first-order valence-electron chi connectivity index (χ1n) is 8.97. The molecule has 0 saturated carbocycles. The van der Waals surface area contributed by atoms with Crippen LogP contribution in [0.1, 0.15) is 29.1 Å². The molecule has 0 amide bonds. The first-order valence-corrected chi connectivity index (χ1v) is 9.78. The largest absolute Gasteiger partial charge is 0.350 e. The highest BCUT2D eigenvalue weighted by molar-refractivity contribution is 7.17. The summed E-state index contributed by atoms with van der Waals surface area (Å²) >= 11 is 1.72. The number of thiazole rings is 1. The third-order valence-electron chi connectivity index (χ3n) is 5.02. The number of aromatic nitrogens is 4. The lowest BCUT2D eigenvalue weighted by Crippen LogP contribution is -2.47. The standard InChI is InChI=1S/C18H24N6OS/c1-12-10-24-15(13(2)21-18(24)26-12)9-20-14-5-4-7-23(11-14)16-17(25)22(3)8-6-19-16/h6,8,10,14,20H,4-5,7,9,11H2,1-3H3/t14-/m1/s1. The van der Waals surface area contributed by atoms with Crippen LogP contribution in [0.2, 0.25) is 0 Å². The second-order valence-electron chi connectivity index (χ2n) is 6.97. The first-order chi connectivity index (χ1) is 12.5. The summed E-state index contributed by atoms with van der Waals surface area (Å²) < 4.78 is 3.78. The molecule has 0 aliphatic carbocycles. The quantitative estimate of drug-likeness (QED) is 0.757. The van der Waals surface area contributed by atoms with Crippen LogP contribution >= 0.6 is 11.3 Å². The number of nitrogens with one attached hydrogen (secondary N) is 1. The van der Waals surface area contributed by atoms with Crippen LogP contribution in [0.15, 0.2) is 23.4 Å². The lowest BCUT2D eigenvalue weighted by molar-refractivity contribution is 0.416. The average molecular weight is 372 g/mol. The lowest BCUT2D eigenvalue weighted by atomic mass is 10.1. The van der Waals surface area contributed by atoms with Crippen LogP contribution in [0.25, 0.3) is 4.96 Å². The normalized spacial score (nSPS) is 18.0. The maximum Gasteiger partial charge on any atom is 0.293 e. The van der Waals surface area contributed by atoms with Crippen LogP contribution in [-0.4, -0.2) is 38.1 Å². The fourth-order valence-corrected chi connectivity index (χ4v) is 4.49. The monoisotopic (exact) mass is 372 g/mol. The Morgan fingerprint density at radius 3 is 3.08 bits per heavy atom. The van der Waals surface area contributed by atoms with Gasteiger partial charge in [-0.25, -0.2) is 9.97 Å². The van der Waals surface area contributed by atoms with Crippen molar-refractivity contribution >= 4 is 22.1 Å². The van der Waals surface area contributed by atoms with Crippen molar-refractivity contribution in [2.45, 2.75) is 39.3 Å². The molecule has 0 spiro atoms. The van der Waals surface area contributed by atoms with Crippen molar-refractivity contribution in [1.29, 1.82) is 0 Å². The van der Waals surface area contributed by atoms with Crippen LogP contribution in [0, 0.1) is 13.8 Å². The molecule has 0 bridgehead atoms. The molecule has 4 rings (SSSR count). The summed E-state index contributed by atoms with van der Waals surface area (Å²) in [6.07, 6.45) is 7.70. The molecule has 8 heteroatoms. The second-order valence-corrected chi connectivity index (χ2v) is 8.18. The van der Waals surface area contributed by atoms with Crippen molar-refractivity contribution in [3.63, 3.8) is 0 Å². The highest BCUT2D eigenvalue weighted by Crippen LogP contribution is 2.21. The van der Waals surface area contributed by atoms with E-state index in [0.29, 0.717) is 11.9 Å². The molecule has 1 fully saturated rings. The number of nitrogens with zero attached hydrogens (tertiary/aromatic N) is 5. The summed E-state index contributed by atoms with van der Waals surface area (Å²) in [4.78, 5) is 25.7. The summed E-state index contributed by atoms with van der Waals surface area (Å²) in [7, 11) is 1.77. The minimum atomic E-state index is -0.0322. The molecule has 0 radical (unpaired) electrons. The Morgan fingerprint density at radius 1 is 1.38 bits per heavy atom. The molecule has 3 aromatic heterocycles. The van der Waals surface area contributed by atoms with Crippen molar-refractivity contribution < 1.29 is 0 Å². The Hall–Kier alpha value is -2.19. The van der Waals surface area contributed by atoms with Gasteiger partial charge in [-0.05, 0) is 26.7 Å². The smallest absolute Gasteiger partial charge is 0.293 e. The third-order valence-corrected chi connectivity index (χ3v) is 5.92. The molecule has 4 heterocycles. The fraction of sp³-hybridized carbons (Fsp3) is 0.500. The van der Waals surface area contributed by atoms with E-state index >= 15 is 0 Å².